The molecule has 5 nitrogen and oxygen atoms in total. The molecule has 0 aliphatic heterocycles. The first-order valence-electron chi connectivity index (χ1n) is 7.23. The van der Waals surface area contributed by atoms with E-state index in [9.17, 15) is 17.6 Å². The molecule has 0 saturated heterocycles. The maximum atomic E-state index is 13.3. The second-order valence-electron chi connectivity index (χ2n) is 5.23. The van der Waals surface area contributed by atoms with Crippen LogP contribution in [0.15, 0.2) is 24.3 Å². The van der Waals surface area contributed by atoms with E-state index >= 15 is 0 Å². The van der Waals surface area contributed by atoms with E-state index < -0.39 is 15.8 Å². The van der Waals surface area contributed by atoms with E-state index in [0.29, 0.717) is 6.54 Å². The summed E-state index contributed by atoms with van der Waals surface area (Å²) >= 11 is 0. The Morgan fingerprint density at radius 1 is 1.27 bits per heavy atom. The van der Waals surface area contributed by atoms with Gasteiger partial charge in [0.15, 0.2) is 0 Å². The van der Waals surface area contributed by atoms with Crippen molar-refractivity contribution in [2.24, 2.45) is 0 Å². The van der Waals surface area contributed by atoms with E-state index in [4.69, 9.17) is 0 Å². The molecule has 0 N–H and O–H groups in total. The van der Waals surface area contributed by atoms with E-state index in [2.05, 4.69) is 0 Å². The molecule has 0 spiro atoms. The number of unbranched alkanes of at least 4 members (excludes halogenated alkanes) is 1. The fraction of sp³-hybridized carbons (Fsp3) is 0.533. The van der Waals surface area contributed by atoms with Crippen LogP contribution in [-0.4, -0.2) is 45.6 Å². The largest absolute Gasteiger partial charge is 0.346 e. The molecule has 1 amide bonds. The highest BCUT2D eigenvalue weighted by atomic mass is 32.2. The minimum Gasteiger partial charge on any atom is -0.346 e. The molecule has 1 aromatic carbocycles. The number of amides is 1. The van der Waals surface area contributed by atoms with Gasteiger partial charge in [-0.05, 0) is 24.6 Å². The summed E-state index contributed by atoms with van der Waals surface area (Å²) < 4.78 is 38.1. The number of carbonyl (C=O) groups excluding carboxylic acids is 1. The molecular formula is C15H23FN2O3S. The zero-order valence-corrected chi connectivity index (χ0v) is 14.1. The number of halogens is 1. The van der Waals surface area contributed by atoms with Gasteiger partial charge in [-0.1, -0.05) is 19.4 Å². The molecule has 0 aliphatic rings. The summed E-state index contributed by atoms with van der Waals surface area (Å²) in [5.41, 5.74) is 0.228. The van der Waals surface area contributed by atoms with Crippen molar-refractivity contribution < 1.29 is 17.6 Å². The minimum atomic E-state index is -3.58. The standard InChI is InChI=1S/C15H23FN2O3S/c1-4-5-10-17(2)15(19)9-11-18(22(3,20)21)14-8-6-7-13(16)12-14/h6-8,12H,4-5,9-11H2,1-3H3. The number of benzene rings is 1. The van der Waals surface area contributed by atoms with E-state index in [0.717, 1.165) is 29.5 Å². The Labute approximate surface area is 131 Å². The monoisotopic (exact) mass is 330 g/mol. The topological polar surface area (TPSA) is 57.7 Å². The Morgan fingerprint density at radius 3 is 2.50 bits per heavy atom. The van der Waals surface area contributed by atoms with E-state index in [1.807, 2.05) is 6.92 Å². The van der Waals surface area contributed by atoms with Crippen LogP contribution in [0.1, 0.15) is 26.2 Å². The van der Waals surface area contributed by atoms with E-state index in [1.54, 1.807) is 11.9 Å². The summed E-state index contributed by atoms with van der Waals surface area (Å²) in [7, 11) is -1.88. The van der Waals surface area contributed by atoms with Gasteiger partial charge in [-0.3, -0.25) is 9.10 Å². The van der Waals surface area contributed by atoms with Crippen LogP contribution < -0.4 is 4.31 Å². The molecule has 1 aromatic rings. The highest BCUT2D eigenvalue weighted by Gasteiger charge is 2.20. The SMILES string of the molecule is CCCCN(C)C(=O)CCN(c1cccc(F)c1)S(C)(=O)=O. The zero-order chi connectivity index (χ0) is 16.8. The van der Waals surface area contributed by atoms with Crippen molar-refractivity contribution in [3.63, 3.8) is 0 Å². The number of hydrogen-bond donors (Lipinski definition) is 0. The summed E-state index contributed by atoms with van der Waals surface area (Å²) in [6, 6.07) is 5.34. The van der Waals surface area contributed by atoms with Gasteiger partial charge in [-0.2, -0.15) is 0 Å². The Hall–Kier alpha value is -1.63. The van der Waals surface area contributed by atoms with Crippen LogP contribution >= 0.6 is 0 Å². The van der Waals surface area contributed by atoms with Gasteiger partial charge in [0.05, 0.1) is 11.9 Å². The van der Waals surface area contributed by atoms with Crippen LogP contribution in [0.3, 0.4) is 0 Å². The van der Waals surface area contributed by atoms with Crippen LogP contribution in [0.4, 0.5) is 10.1 Å². The second kappa shape index (κ2) is 8.12. The Morgan fingerprint density at radius 2 is 1.95 bits per heavy atom. The highest BCUT2D eigenvalue weighted by Crippen LogP contribution is 2.19. The molecule has 0 unspecified atom stereocenters. The third-order valence-electron chi connectivity index (χ3n) is 3.30. The molecule has 0 radical (unpaired) electrons. The fourth-order valence-electron chi connectivity index (χ4n) is 2.03. The predicted octanol–water partition coefficient (Wildman–Crippen LogP) is 2.24. The first-order valence-corrected chi connectivity index (χ1v) is 9.07. The van der Waals surface area contributed by atoms with Crippen molar-refractivity contribution in [1.82, 2.24) is 4.90 Å². The highest BCUT2D eigenvalue weighted by molar-refractivity contribution is 7.92. The van der Waals surface area contributed by atoms with Crippen molar-refractivity contribution in [2.45, 2.75) is 26.2 Å². The molecule has 124 valence electrons. The summed E-state index contributed by atoms with van der Waals surface area (Å²) in [6.07, 6.45) is 2.99. The zero-order valence-electron chi connectivity index (χ0n) is 13.3. The van der Waals surface area contributed by atoms with E-state index in [1.165, 1.54) is 18.2 Å². The van der Waals surface area contributed by atoms with Crippen LogP contribution in [0.25, 0.3) is 0 Å². The Balaban J connectivity index is 2.78. The number of sulfonamides is 1. The summed E-state index contributed by atoms with van der Waals surface area (Å²) in [6.45, 7) is 2.68. The molecule has 0 bridgehead atoms. The molecule has 0 saturated carbocycles. The van der Waals surface area contributed by atoms with Crippen molar-refractivity contribution in [3.05, 3.63) is 30.1 Å². The number of nitrogens with zero attached hydrogens (tertiary/aromatic N) is 2. The maximum absolute atomic E-state index is 13.3. The van der Waals surface area contributed by atoms with E-state index in [-0.39, 0.29) is 24.6 Å². The van der Waals surface area contributed by atoms with Crippen molar-refractivity contribution in [1.29, 1.82) is 0 Å². The van der Waals surface area contributed by atoms with Crippen molar-refractivity contribution >= 4 is 21.6 Å². The first-order chi connectivity index (χ1) is 10.3. The molecule has 7 heteroatoms. The van der Waals surface area contributed by atoms with Gasteiger partial charge >= 0.3 is 0 Å². The predicted molar refractivity (Wildman–Crippen MR) is 85.8 cm³/mol. The van der Waals surface area contributed by atoms with Gasteiger partial charge in [-0.15, -0.1) is 0 Å². The summed E-state index contributed by atoms with van der Waals surface area (Å²) in [5.74, 6) is -0.643. The van der Waals surface area contributed by atoms with Crippen LogP contribution in [0, 0.1) is 5.82 Å². The number of carbonyl (C=O) groups is 1. The molecule has 1 rings (SSSR count). The smallest absolute Gasteiger partial charge is 0.232 e. The normalized spacial score (nSPS) is 11.3. The first kappa shape index (κ1) is 18.4. The lowest BCUT2D eigenvalue weighted by atomic mass is 10.2. The van der Waals surface area contributed by atoms with Gasteiger partial charge in [-0.25, -0.2) is 12.8 Å². The summed E-state index contributed by atoms with van der Waals surface area (Å²) in [4.78, 5) is 13.6. The average molecular weight is 330 g/mol. The van der Waals surface area contributed by atoms with Gasteiger partial charge in [0.2, 0.25) is 15.9 Å². The Bertz CT molecular complexity index is 605. The van der Waals surface area contributed by atoms with Crippen LogP contribution in [-0.2, 0) is 14.8 Å². The number of rotatable bonds is 8. The van der Waals surface area contributed by atoms with Gasteiger partial charge in [0.25, 0.3) is 0 Å². The second-order valence-corrected chi connectivity index (χ2v) is 7.14. The lowest BCUT2D eigenvalue weighted by molar-refractivity contribution is -0.129. The molecule has 0 aliphatic carbocycles. The fourth-order valence-corrected chi connectivity index (χ4v) is 2.95. The number of anilines is 1. The third-order valence-corrected chi connectivity index (χ3v) is 4.49. The van der Waals surface area contributed by atoms with Crippen molar-refractivity contribution in [3.8, 4) is 0 Å². The third kappa shape index (κ3) is 5.63. The average Bonchev–Trinajstić information content (AvgIpc) is 2.43. The lowest BCUT2D eigenvalue weighted by Crippen LogP contribution is -2.35. The lowest BCUT2D eigenvalue weighted by Gasteiger charge is -2.24. The molecule has 22 heavy (non-hydrogen) atoms. The molecule has 0 heterocycles. The van der Waals surface area contributed by atoms with Crippen molar-refractivity contribution in [2.75, 3.05) is 30.7 Å². The Kier molecular flexibility index (Phi) is 6.80. The number of hydrogen-bond acceptors (Lipinski definition) is 3. The molecular weight excluding hydrogens is 307 g/mol. The molecule has 0 atom stereocenters. The quantitative estimate of drug-likeness (QED) is 0.734. The molecule has 0 fully saturated rings. The van der Waals surface area contributed by atoms with Crippen LogP contribution in [0.5, 0.6) is 0 Å². The molecule has 0 aromatic heterocycles. The minimum absolute atomic E-state index is 0.00240. The van der Waals surface area contributed by atoms with Gasteiger partial charge in [0, 0.05) is 26.6 Å². The van der Waals surface area contributed by atoms with Gasteiger partial charge < -0.3 is 4.90 Å². The maximum Gasteiger partial charge on any atom is 0.232 e. The van der Waals surface area contributed by atoms with Gasteiger partial charge in [0.1, 0.15) is 5.82 Å². The van der Waals surface area contributed by atoms with Crippen LogP contribution in [0.2, 0.25) is 0 Å². The summed E-state index contributed by atoms with van der Waals surface area (Å²) in [5, 5.41) is 0.